The summed E-state index contributed by atoms with van der Waals surface area (Å²) < 4.78 is 15.6. The van der Waals surface area contributed by atoms with Crippen LogP contribution in [0.15, 0.2) is 79.0 Å². The molecule has 1 fully saturated rings. The van der Waals surface area contributed by atoms with Gasteiger partial charge in [0.05, 0.1) is 5.52 Å². The van der Waals surface area contributed by atoms with Crippen LogP contribution in [0.1, 0.15) is 21.5 Å². The van der Waals surface area contributed by atoms with Gasteiger partial charge in [-0.1, -0.05) is 30.3 Å². The van der Waals surface area contributed by atoms with Gasteiger partial charge in [0.25, 0.3) is 0 Å². The summed E-state index contributed by atoms with van der Waals surface area (Å²) in [6.07, 6.45) is 2.13. The lowest BCUT2D eigenvalue weighted by Crippen LogP contribution is -2.43. The summed E-state index contributed by atoms with van der Waals surface area (Å²) >= 11 is 0. The molecule has 0 N–H and O–H groups in total. The van der Waals surface area contributed by atoms with E-state index in [2.05, 4.69) is 27.6 Å². The van der Waals surface area contributed by atoms with Crippen molar-refractivity contribution in [1.82, 2.24) is 14.4 Å². The third-order valence-electron chi connectivity index (χ3n) is 6.28. The Bertz CT molecular complexity index is 1240. The first kappa shape index (κ1) is 20.6. The Morgan fingerprint density at radius 2 is 1.59 bits per heavy atom. The van der Waals surface area contributed by atoms with Crippen LogP contribution >= 0.6 is 0 Å². The first-order valence-electron chi connectivity index (χ1n) is 11.0. The van der Waals surface area contributed by atoms with Crippen LogP contribution in [-0.2, 0) is 6.54 Å². The summed E-state index contributed by atoms with van der Waals surface area (Å²) in [6, 6.07) is 21.8. The molecule has 0 unspecified atom stereocenters. The zero-order chi connectivity index (χ0) is 22.1. The molecule has 1 aromatic heterocycles. The van der Waals surface area contributed by atoms with Gasteiger partial charge in [-0.3, -0.25) is 9.69 Å². The summed E-state index contributed by atoms with van der Waals surface area (Å²) in [5, 5.41) is 1.06. The molecule has 0 amide bonds. The highest BCUT2D eigenvalue weighted by molar-refractivity contribution is 6.10. The molecule has 0 saturated carbocycles. The molecule has 0 atom stereocenters. The predicted octanol–water partition coefficient (Wildman–Crippen LogP) is 4.75. The molecule has 0 radical (unpaired) electrons. The van der Waals surface area contributed by atoms with E-state index in [-0.39, 0.29) is 11.6 Å². The van der Waals surface area contributed by atoms with E-state index in [4.69, 9.17) is 0 Å². The van der Waals surface area contributed by atoms with Crippen LogP contribution in [0.5, 0.6) is 0 Å². The van der Waals surface area contributed by atoms with Gasteiger partial charge in [-0.2, -0.15) is 0 Å². The minimum atomic E-state index is -0.251. The molecular weight excluding hydrogens is 401 g/mol. The highest BCUT2D eigenvalue weighted by Gasteiger charge is 2.19. The summed E-state index contributed by atoms with van der Waals surface area (Å²) in [5.41, 5.74) is 4.47. The Labute approximate surface area is 187 Å². The van der Waals surface area contributed by atoms with Crippen molar-refractivity contribution in [3.63, 3.8) is 0 Å². The fourth-order valence-corrected chi connectivity index (χ4v) is 4.38. The summed E-state index contributed by atoms with van der Waals surface area (Å²) in [6.45, 7) is 4.95. The Kier molecular flexibility index (Phi) is 5.60. The van der Waals surface area contributed by atoms with E-state index >= 15 is 0 Å². The molecule has 1 aliphatic heterocycles. The van der Waals surface area contributed by atoms with E-state index in [9.17, 15) is 9.18 Å². The van der Waals surface area contributed by atoms with E-state index < -0.39 is 0 Å². The maximum atomic E-state index is 13.5. The van der Waals surface area contributed by atoms with Crippen molar-refractivity contribution < 1.29 is 9.18 Å². The van der Waals surface area contributed by atoms with Gasteiger partial charge in [0, 0.05) is 61.1 Å². The van der Waals surface area contributed by atoms with Crippen molar-refractivity contribution in [3.8, 4) is 5.69 Å². The lowest BCUT2D eigenvalue weighted by molar-refractivity contribution is 0.103. The number of hydrogen-bond donors (Lipinski definition) is 0. The molecule has 162 valence electrons. The highest BCUT2D eigenvalue weighted by atomic mass is 19.1. The number of carbonyl (C=O) groups is 1. The molecule has 0 bridgehead atoms. The molecule has 32 heavy (non-hydrogen) atoms. The van der Waals surface area contributed by atoms with Gasteiger partial charge in [0.15, 0.2) is 5.78 Å². The molecule has 0 spiro atoms. The van der Waals surface area contributed by atoms with Crippen LogP contribution < -0.4 is 0 Å². The second-order valence-electron chi connectivity index (χ2n) is 8.51. The monoisotopic (exact) mass is 427 g/mol. The molecule has 4 aromatic rings. The maximum absolute atomic E-state index is 13.5. The van der Waals surface area contributed by atoms with Gasteiger partial charge < -0.3 is 9.47 Å². The number of aromatic nitrogens is 1. The first-order valence-corrected chi connectivity index (χ1v) is 11.0. The lowest BCUT2D eigenvalue weighted by atomic mass is 10.0. The third kappa shape index (κ3) is 4.09. The van der Waals surface area contributed by atoms with Crippen molar-refractivity contribution in [1.29, 1.82) is 0 Å². The average molecular weight is 428 g/mol. The normalized spacial score (nSPS) is 15.3. The second kappa shape index (κ2) is 8.69. The number of fused-ring (bicyclic) bond motifs is 1. The Morgan fingerprint density at radius 3 is 2.31 bits per heavy atom. The maximum Gasteiger partial charge on any atom is 0.193 e. The predicted molar refractivity (Wildman–Crippen MR) is 126 cm³/mol. The van der Waals surface area contributed by atoms with Crippen LogP contribution in [-0.4, -0.2) is 53.4 Å². The van der Waals surface area contributed by atoms with Gasteiger partial charge in [-0.25, -0.2) is 4.39 Å². The molecule has 1 aliphatic rings. The van der Waals surface area contributed by atoms with Gasteiger partial charge in [-0.05, 0) is 55.1 Å². The van der Waals surface area contributed by atoms with Gasteiger partial charge in [0.2, 0.25) is 0 Å². The first-order chi connectivity index (χ1) is 15.6. The van der Waals surface area contributed by atoms with Crippen LogP contribution in [0.3, 0.4) is 0 Å². The number of hydrogen-bond acceptors (Lipinski definition) is 3. The van der Waals surface area contributed by atoms with Crippen molar-refractivity contribution >= 4 is 16.7 Å². The number of benzene rings is 3. The molecule has 3 aromatic carbocycles. The van der Waals surface area contributed by atoms with E-state index in [0.29, 0.717) is 11.1 Å². The largest absolute Gasteiger partial charge is 0.316 e. The molecule has 5 rings (SSSR count). The average Bonchev–Trinajstić information content (AvgIpc) is 3.18. The Balaban J connectivity index is 1.57. The van der Waals surface area contributed by atoms with Crippen LogP contribution in [0.25, 0.3) is 16.6 Å². The summed E-state index contributed by atoms with van der Waals surface area (Å²) in [7, 11) is 2.15. The fraction of sp³-hybridized carbons (Fsp3) is 0.222. The third-order valence-corrected chi connectivity index (χ3v) is 6.28. The van der Waals surface area contributed by atoms with Crippen molar-refractivity contribution in [3.05, 3.63) is 102 Å². The number of rotatable bonds is 5. The smallest absolute Gasteiger partial charge is 0.193 e. The Hall–Kier alpha value is -3.28. The second-order valence-corrected chi connectivity index (χ2v) is 8.51. The quantitative estimate of drug-likeness (QED) is 0.431. The minimum Gasteiger partial charge on any atom is -0.316 e. The number of nitrogens with zero attached hydrogens (tertiary/aromatic N) is 3. The molecule has 5 heteroatoms. The SMILES string of the molecule is CN1CCN(Cc2cn(-c3ccc(F)cc3)c3ccc(C(=O)c4ccccc4)cc23)CC1. The molecular formula is C27H26FN3O. The number of piperazine rings is 1. The number of halogens is 1. The van der Waals surface area contributed by atoms with E-state index in [1.807, 2.05) is 48.5 Å². The topological polar surface area (TPSA) is 28.5 Å². The van der Waals surface area contributed by atoms with Crippen LogP contribution in [0, 0.1) is 5.82 Å². The molecule has 1 saturated heterocycles. The Morgan fingerprint density at radius 1 is 0.875 bits per heavy atom. The van der Waals surface area contributed by atoms with Crippen molar-refractivity contribution in [2.24, 2.45) is 0 Å². The van der Waals surface area contributed by atoms with Crippen molar-refractivity contribution in [2.75, 3.05) is 33.2 Å². The number of carbonyl (C=O) groups excluding carboxylic acids is 1. The van der Waals surface area contributed by atoms with Gasteiger partial charge in [0.1, 0.15) is 5.82 Å². The lowest BCUT2D eigenvalue weighted by Gasteiger charge is -2.32. The van der Waals surface area contributed by atoms with Crippen LogP contribution in [0.4, 0.5) is 4.39 Å². The van der Waals surface area contributed by atoms with E-state index in [0.717, 1.165) is 49.3 Å². The number of likely N-dealkylation sites (N-methyl/N-ethyl adjacent to an activating group) is 1. The molecule has 2 heterocycles. The highest BCUT2D eigenvalue weighted by Crippen LogP contribution is 2.28. The van der Waals surface area contributed by atoms with Crippen molar-refractivity contribution in [2.45, 2.75) is 6.54 Å². The van der Waals surface area contributed by atoms with Gasteiger partial charge in [-0.15, -0.1) is 0 Å². The summed E-state index contributed by atoms with van der Waals surface area (Å²) in [5.74, 6) is -0.230. The van der Waals surface area contributed by atoms with Crippen LogP contribution in [0.2, 0.25) is 0 Å². The summed E-state index contributed by atoms with van der Waals surface area (Å²) in [4.78, 5) is 17.9. The molecule has 0 aliphatic carbocycles. The zero-order valence-corrected chi connectivity index (χ0v) is 18.2. The van der Waals surface area contributed by atoms with E-state index in [1.54, 1.807) is 12.1 Å². The van der Waals surface area contributed by atoms with E-state index in [1.165, 1.54) is 17.7 Å². The minimum absolute atomic E-state index is 0.0209. The fourth-order valence-electron chi connectivity index (χ4n) is 4.38. The van der Waals surface area contributed by atoms with Gasteiger partial charge >= 0.3 is 0 Å². The molecule has 4 nitrogen and oxygen atoms in total. The standard InChI is InChI=1S/C27H26FN3O/c1-29-13-15-30(16-14-29)18-22-19-31(24-10-8-23(28)9-11-24)26-12-7-21(17-25(22)26)27(32)20-5-3-2-4-6-20/h2-12,17,19H,13-16,18H2,1H3. The zero-order valence-electron chi connectivity index (χ0n) is 18.2. The number of ketones is 1.